The van der Waals surface area contributed by atoms with Crippen molar-refractivity contribution in [3.05, 3.63) is 81.3 Å². The Bertz CT molecular complexity index is 1020. The fourth-order valence-corrected chi connectivity index (χ4v) is 4.19. The molecule has 0 aromatic heterocycles. The first-order valence-electron chi connectivity index (χ1n) is 9.39. The maximum absolute atomic E-state index is 10.00. The normalized spacial score (nSPS) is 15.6. The highest BCUT2D eigenvalue weighted by Gasteiger charge is 2.26. The first kappa shape index (κ1) is 19.6. The summed E-state index contributed by atoms with van der Waals surface area (Å²) < 4.78 is 12.5. The molecule has 1 heterocycles. The maximum atomic E-state index is 10.00. The van der Waals surface area contributed by atoms with Crippen LogP contribution in [0.4, 0.5) is 0 Å². The summed E-state index contributed by atoms with van der Waals surface area (Å²) >= 11 is 3.67. The lowest BCUT2D eigenvalue weighted by molar-refractivity contribution is 0.284. The van der Waals surface area contributed by atoms with Crippen molar-refractivity contribution in [2.24, 2.45) is 0 Å². The number of methoxy groups -OCH3 is 1. The molecule has 6 heteroatoms. The van der Waals surface area contributed by atoms with Crippen molar-refractivity contribution in [1.82, 2.24) is 5.32 Å². The Morgan fingerprint density at radius 1 is 1.00 bits per heavy atom. The monoisotopic (exact) mass is 455 g/mol. The van der Waals surface area contributed by atoms with E-state index in [1.54, 1.807) is 19.2 Å². The van der Waals surface area contributed by atoms with Crippen LogP contribution < -0.4 is 14.8 Å². The molecule has 0 saturated carbocycles. The largest absolute Gasteiger partial charge is 0.504 e. The molecule has 1 atom stereocenters. The fraction of sp³-hybridized carbons (Fsp3) is 0.217. The van der Waals surface area contributed by atoms with Crippen LogP contribution in [-0.2, 0) is 13.0 Å². The lowest BCUT2D eigenvalue weighted by Crippen LogP contribution is -2.30. The van der Waals surface area contributed by atoms with Crippen LogP contribution in [0.3, 0.4) is 0 Å². The summed E-state index contributed by atoms with van der Waals surface area (Å²) in [6, 6.07) is 16.9. The zero-order chi connectivity index (χ0) is 20.4. The summed E-state index contributed by atoms with van der Waals surface area (Å²) in [7, 11) is 1.62. The number of phenolic OH excluding ortho intramolecular Hbond substituents is 2. The summed E-state index contributed by atoms with van der Waals surface area (Å²) in [5, 5.41) is 23.3. The smallest absolute Gasteiger partial charge is 0.162 e. The number of halogens is 1. The van der Waals surface area contributed by atoms with Crippen LogP contribution in [0.15, 0.2) is 59.1 Å². The molecule has 1 aliphatic rings. The fourth-order valence-electron chi connectivity index (χ4n) is 3.64. The number of fused-ring (bicyclic) bond motifs is 1. The first-order chi connectivity index (χ1) is 14.1. The highest BCUT2D eigenvalue weighted by Crippen LogP contribution is 2.42. The minimum absolute atomic E-state index is 0.0919. The molecule has 0 saturated heterocycles. The molecular weight excluding hydrogens is 434 g/mol. The van der Waals surface area contributed by atoms with Gasteiger partial charge in [0.05, 0.1) is 13.2 Å². The summed E-state index contributed by atoms with van der Waals surface area (Å²) in [5.74, 6) is 1.07. The molecular formula is C23H22BrNO4. The quantitative estimate of drug-likeness (QED) is 0.487. The molecule has 4 rings (SSSR count). The molecule has 1 unspecified atom stereocenters. The lowest BCUT2D eigenvalue weighted by Gasteiger charge is -2.29. The van der Waals surface area contributed by atoms with Crippen molar-refractivity contribution < 1.29 is 19.7 Å². The van der Waals surface area contributed by atoms with E-state index in [0.717, 1.165) is 39.7 Å². The molecule has 3 aromatic rings. The van der Waals surface area contributed by atoms with E-state index >= 15 is 0 Å². The predicted octanol–water partition coefficient (Wildman–Crippen LogP) is 4.68. The van der Waals surface area contributed by atoms with Crippen LogP contribution in [0, 0.1) is 0 Å². The van der Waals surface area contributed by atoms with Gasteiger partial charge in [-0.15, -0.1) is 0 Å². The van der Waals surface area contributed by atoms with Crippen LogP contribution in [0.2, 0.25) is 0 Å². The van der Waals surface area contributed by atoms with Crippen molar-refractivity contribution in [2.75, 3.05) is 13.7 Å². The zero-order valence-electron chi connectivity index (χ0n) is 16.0. The summed E-state index contributed by atoms with van der Waals surface area (Å²) in [6.45, 7) is 1.21. The Morgan fingerprint density at radius 2 is 1.76 bits per heavy atom. The van der Waals surface area contributed by atoms with Crippen molar-refractivity contribution in [1.29, 1.82) is 0 Å². The first-order valence-corrected chi connectivity index (χ1v) is 10.2. The van der Waals surface area contributed by atoms with Crippen LogP contribution in [0.1, 0.15) is 28.3 Å². The highest BCUT2D eigenvalue weighted by atomic mass is 79.9. The molecule has 5 nitrogen and oxygen atoms in total. The van der Waals surface area contributed by atoms with E-state index < -0.39 is 0 Å². The summed E-state index contributed by atoms with van der Waals surface area (Å²) in [4.78, 5) is 0. The average molecular weight is 456 g/mol. The Hall–Kier alpha value is -2.70. The highest BCUT2D eigenvalue weighted by molar-refractivity contribution is 9.10. The molecule has 0 aliphatic carbocycles. The Morgan fingerprint density at radius 3 is 2.52 bits per heavy atom. The Labute approximate surface area is 178 Å². The average Bonchev–Trinajstić information content (AvgIpc) is 2.73. The van der Waals surface area contributed by atoms with Gasteiger partial charge in [0.2, 0.25) is 0 Å². The van der Waals surface area contributed by atoms with E-state index in [9.17, 15) is 10.2 Å². The van der Waals surface area contributed by atoms with Gasteiger partial charge < -0.3 is 25.0 Å². The molecule has 0 amide bonds. The number of ether oxygens (including phenoxy) is 2. The second-order valence-electron chi connectivity index (χ2n) is 6.98. The zero-order valence-corrected chi connectivity index (χ0v) is 17.6. The SMILES string of the molecule is COc1cc(C2NCCc3cc(O)c(O)cc32)c(Br)cc1OCc1ccccc1. The number of rotatable bonds is 5. The van der Waals surface area contributed by atoms with Crippen molar-refractivity contribution in [2.45, 2.75) is 19.1 Å². The molecule has 1 aliphatic heterocycles. The number of nitrogens with one attached hydrogen (secondary N) is 1. The minimum Gasteiger partial charge on any atom is -0.504 e. The summed E-state index contributed by atoms with van der Waals surface area (Å²) in [5.41, 5.74) is 4.00. The third kappa shape index (κ3) is 4.04. The third-order valence-corrected chi connectivity index (χ3v) is 5.81. The van der Waals surface area contributed by atoms with Gasteiger partial charge in [0, 0.05) is 11.0 Å². The maximum Gasteiger partial charge on any atom is 0.162 e. The van der Waals surface area contributed by atoms with Crippen LogP contribution in [0.5, 0.6) is 23.0 Å². The van der Waals surface area contributed by atoms with Crippen LogP contribution >= 0.6 is 15.9 Å². The number of benzene rings is 3. The van der Waals surface area contributed by atoms with Gasteiger partial charge >= 0.3 is 0 Å². The molecule has 0 spiro atoms. The van der Waals surface area contributed by atoms with Gasteiger partial charge in [-0.05, 0) is 52.9 Å². The van der Waals surface area contributed by atoms with E-state index in [1.807, 2.05) is 42.5 Å². The molecule has 0 fully saturated rings. The van der Waals surface area contributed by atoms with Crippen LogP contribution in [0.25, 0.3) is 0 Å². The summed E-state index contributed by atoms with van der Waals surface area (Å²) in [6.07, 6.45) is 0.784. The molecule has 3 aromatic carbocycles. The number of hydrogen-bond donors (Lipinski definition) is 3. The predicted molar refractivity (Wildman–Crippen MR) is 115 cm³/mol. The van der Waals surface area contributed by atoms with Gasteiger partial charge in [-0.2, -0.15) is 0 Å². The second-order valence-corrected chi connectivity index (χ2v) is 7.83. The molecule has 29 heavy (non-hydrogen) atoms. The third-order valence-electron chi connectivity index (χ3n) is 5.12. The van der Waals surface area contributed by atoms with E-state index in [0.29, 0.717) is 18.1 Å². The number of aromatic hydroxyl groups is 2. The molecule has 3 N–H and O–H groups in total. The second kappa shape index (κ2) is 8.35. The standard InChI is InChI=1S/C23H22BrNO4/c1-28-21-11-17(18(24)12-22(21)29-13-14-5-3-2-4-6-14)23-16-10-20(27)19(26)9-15(16)7-8-25-23/h2-6,9-12,23,25-27H,7-8,13H2,1H3. The molecule has 150 valence electrons. The number of hydrogen-bond acceptors (Lipinski definition) is 5. The van der Waals surface area contributed by atoms with Gasteiger partial charge in [0.1, 0.15) is 6.61 Å². The van der Waals surface area contributed by atoms with Crippen molar-refractivity contribution >= 4 is 15.9 Å². The Kier molecular flexibility index (Phi) is 5.65. The van der Waals surface area contributed by atoms with Gasteiger partial charge in [0.15, 0.2) is 23.0 Å². The van der Waals surface area contributed by atoms with Gasteiger partial charge in [-0.1, -0.05) is 46.3 Å². The van der Waals surface area contributed by atoms with Crippen molar-refractivity contribution in [3.8, 4) is 23.0 Å². The van der Waals surface area contributed by atoms with Gasteiger partial charge in [-0.25, -0.2) is 0 Å². The number of phenols is 2. The van der Waals surface area contributed by atoms with E-state index in [1.165, 1.54) is 0 Å². The lowest BCUT2D eigenvalue weighted by atomic mass is 9.89. The minimum atomic E-state index is -0.142. The van der Waals surface area contributed by atoms with E-state index in [2.05, 4.69) is 21.2 Å². The van der Waals surface area contributed by atoms with E-state index in [4.69, 9.17) is 9.47 Å². The Balaban J connectivity index is 1.67. The topological polar surface area (TPSA) is 71.0 Å². The van der Waals surface area contributed by atoms with Gasteiger partial charge in [-0.3, -0.25) is 0 Å². The van der Waals surface area contributed by atoms with E-state index in [-0.39, 0.29) is 17.5 Å². The van der Waals surface area contributed by atoms with Crippen molar-refractivity contribution in [3.63, 3.8) is 0 Å². The van der Waals surface area contributed by atoms with Crippen LogP contribution in [-0.4, -0.2) is 23.9 Å². The van der Waals surface area contributed by atoms with Gasteiger partial charge in [0.25, 0.3) is 0 Å². The molecule has 0 radical (unpaired) electrons. The molecule has 0 bridgehead atoms.